The molecule has 0 aromatic rings. The van der Waals surface area contributed by atoms with Crippen LogP contribution in [0.5, 0.6) is 0 Å². The average molecular weight is 947 g/mol. The number of aliphatic hydroxyl groups is 5. The van der Waals surface area contributed by atoms with Crippen molar-refractivity contribution >= 4 is 13.8 Å². The molecule has 0 aliphatic heterocycles. The molecule has 0 saturated heterocycles. The van der Waals surface area contributed by atoms with E-state index in [0.29, 0.717) is 13.0 Å². The fraction of sp³-hybridized carbons (Fsp3) is 0.904. The quantitative estimate of drug-likeness (QED) is 0.0147. The molecule has 65 heavy (non-hydrogen) atoms. The largest absolute Gasteiger partial charge is 0.472 e. The summed E-state index contributed by atoms with van der Waals surface area (Å²) in [7, 11) is -5.02. The summed E-state index contributed by atoms with van der Waals surface area (Å²) in [6.45, 7) is 4.28. The standard InChI is InChI=1S/C52H99O12P/c1-3-5-7-9-11-13-15-17-19-21-22-23-24-25-27-29-31-33-35-37-39-41-46(53)63-45(44-62-65(59,60)64-52-50(57)48(55)47(54)49(56)51(52)58)43-61-42-40-38-36-34-32-30-28-26-20-18-16-14-12-10-8-6-4-2/h20-22,26,45,47-52,54-58H,3-19,23-25,27-44H2,1-2H3,(H,59,60)/b22-21-,26-20-. The molecule has 13 heteroatoms. The fourth-order valence-corrected chi connectivity index (χ4v) is 9.26. The van der Waals surface area contributed by atoms with Gasteiger partial charge in [-0.15, -0.1) is 0 Å². The van der Waals surface area contributed by atoms with Crippen LogP contribution in [0.3, 0.4) is 0 Å². The van der Waals surface area contributed by atoms with Crippen LogP contribution >= 0.6 is 7.82 Å². The zero-order valence-corrected chi connectivity index (χ0v) is 42.2. The number of ether oxygens (including phenoxy) is 2. The van der Waals surface area contributed by atoms with Crippen LogP contribution in [0, 0.1) is 0 Å². The Morgan fingerprint density at radius 3 is 1.22 bits per heavy atom. The Balaban J connectivity index is 2.32. The van der Waals surface area contributed by atoms with Gasteiger partial charge in [0, 0.05) is 13.0 Å². The van der Waals surface area contributed by atoms with E-state index in [1.165, 1.54) is 161 Å². The van der Waals surface area contributed by atoms with Gasteiger partial charge in [-0.05, 0) is 64.2 Å². The molecule has 0 radical (unpaired) electrons. The molecule has 6 atom stereocenters. The van der Waals surface area contributed by atoms with Gasteiger partial charge in [-0.25, -0.2) is 4.57 Å². The van der Waals surface area contributed by atoms with Gasteiger partial charge >= 0.3 is 13.8 Å². The van der Waals surface area contributed by atoms with Gasteiger partial charge in [-0.1, -0.05) is 192 Å². The third-order valence-corrected chi connectivity index (χ3v) is 13.5. The molecule has 0 amide bonds. The first-order valence-electron chi connectivity index (χ1n) is 26.7. The van der Waals surface area contributed by atoms with Gasteiger partial charge in [-0.2, -0.15) is 0 Å². The Bertz CT molecular complexity index is 1170. The first kappa shape index (κ1) is 61.8. The van der Waals surface area contributed by atoms with E-state index in [0.717, 1.165) is 51.4 Å². The Kier molecular flexibility index (Phi) is 40.8. The number of hydrogen-bond acceptors (Lipinski definition) is 11. The summed E-state index contributed by atoms with van der Waals surface area (Å²) in [4.78, 5) is 23.3. The Labute approximate surface area is 396 Å². The summed E-state index contributed by atoms with van der Waals surface area (Å²) in [6.07, 6.45) is 38.1. The van der Waals surface area contributed by atoms with Crippen molar-refractivity contribution in [2.24, 2.45) is 0 Å². The summed E-state index contributed by atoms with van der Waals surface area (Å²) in [5, 5.41) is 50.3. The first-order valence-corrected chi connectivity index (χ1v) is 28.2. The molecule has 384 valence electrons. The lowest BCUT2D eigenvalue weighted by molar-refractivity contribution is -0.220. The van der Waals surface area contributed by atoms with Crippen LogP contribution in [0.25, 0.3) is 0 Å². The fourth-order valence-electron chi connectivity index (χ4n) is 8.29. The molecule has 0 heterocycles. The summed E-state index contributed by atoms with van der Waals surface area (Å²) in [6, 6.07) is 0. The number of phosphoric acid groups is 1. The van der Waals surface area contributed by atoms with Crippen molar-refractivity contribution in [3.63, 3.8) is 0 Å². The smallest absolute Gasteiger partial charge is 0.457 e. The molecule has 0 aromatic heterocycles. The zero-order chi connectivity index (χ0) is 47.6. The molecule has 1 aliphatic carbocycles. The van der Waals surface area contributed by atoms with Crippen LogP contribution in [0.4, 0.5) is 0 Å². The predicted octanol–water partition coefficient (Wildman–Crippen LogP) is 12.0. The van der Waals surface area contributed by atoms with E-state index in [-0.39, 0.29) is 13.0 Å². The predicted molar refractivity (Wildman–Crippen MR) is 263 cm³/mol. The first-order chi connectivity index (χ1) is 31.5. The van der Waals surface area contributed by atoms with Crippen LogP contribution in [0.2, 0.25) is 0 Å². The minimum Gasteiger partial charge on any atom is -0.457 e. The molecule has 6 unspecified atom stereocenters. The second-order valence-electron chi connectivity index (χ2n) is 18.7. The van der Waals surface area contributed by atoms with E-state index < -0.39 is 63.1 Å². The second-order valence-corrected chi connectivity index (χ2v) is 20.1. The van der Waals surface area contributed by atoms with Gasteiger partial charge in [0.15, 0.2) is 0 Å². The molecule has 0 aromatic carbocycles. The monoisotopic (exact) mass is 947 g/mol. The van der Waals surface area contributed by atoms with Crippen LogP contribution < -0.4 is 0 Å². The zero-order valence-electron chi connectivity index (χ0n) is 41.3. The highest BCUT2D eigenvalue weighted by atomic mass is 31.2. The molecule has 1 aliphatic rings. The number of esters is 1. The highest BCUT2D eigenvalue weighted by Crippen LogP contribution is 2.47. The summed E-state index contributed by atoms with van der Waals surface area (Å²) in [5.74, 6) is -0.478. The number of rotatable bonds is 46. The number of aliphatic hydroxyl groups excluding tert-OH is 5. The van der Waals surface area contributed by atoms with Crippen molar-refractivity contribution in [1.82, 2.24) is 0 Å². The third kappa shape index (κ3) is 34.7. The van der Waals surface area contributed by atoms with Crippen LogP contribution in [0.15, 0.2) is 24.3 Å². The molecule has 12 nitrogen and oxygen atoms in total. The summed E-state index contributed by atoms with van der Waals surface area (Å²) < 4.78 is 34.3. The SMILES string of the molecule is CCCCCCCCC/C=C\CCCCCCCCOCC(COP(=O)(O)OC1C(O)C(O)C(O)C(O)C1O)OC(=O)CCCCCCCCCCC/C=C\CCCCCCCCCC. The van der Waals surface area contributed by atoms with Gasteiger partial charge in [-0.3, -0.25) is 13.8 Å². The number of unbranched alkanes of at least 4 members (excludes halogenated alkanes) is 30. The number of phosphoric ester groups is 1. The van der Waals surface area contributed by atoms with E-state index in [1.54, 1.807) is 0 Å². The third-order valence-electron chi connectivity index (χ3n) is 12.5. The Morgan fingerprint density at radius 2 is 0.815 bits per heavy atom. The van der Waals surface area contributed by atoms with Gasteiger partial charge in [0.05, 0.1) is 13.2 Å². The van der Waals surface area contributed by atoms with E-state index in [2.05, 4.69) is 38.2 Å². The van der Waals surface area contributed by atoms with Crippen LogP contribution in [-0.4, -0.2) is 98.9 Å². The van der Waals surface area contributed by atoms with Crippen LogP contribution in [-0.2, 0) is 27.9 Å². The van der Waals surface area contributed by atoms with Crippen molar-refractivity contribution in [1.29, 1.82) is 0 Å². The van der Waals surface area contributed by atoms with E-state index in [9.17, 15) is 39.8 Å². The van der Waals surface area contributed by atoms with Gasteiger partial charge in [0.25, 0.3) is 0 Å². The van der Waals surface area contributed by atoms with Crippen molar-refractivity contribution in [2.45, 2.75) is 281 Å². The molecular formula is C52H99O12P. The number of allylic oxidation sites excluding steroid dienone is 4. The Morgan fingerprint density at radius 1 is 0.477 bits per heavy atom. The average Bonchev–Trinajstić information content (AvgIpc) is 3.29. The molecule has 1 rings (SSSR count). The summed E-state index contributed by atoms with van der Waals surface area (Å²) in [5.41, 5.74) is 0. The highest BCUT2D eigenvalue weighted by molar-refractivity contribution is 7.47. The maximum atomic E-state index is 12.9. The van der Waals surface area contributed by atoms with E-state index in [4.69, 9.17) is 18.5 Å². The van der Waals surface area contributed by atoms with Crippen molar-refractivity contribution in [2.75, 3.05) is 19.8 Å². The molecule has 1 saturated carbocycles. The number of carbonyl (C=O) groups is 1. The topological polar surface area (TPSA) is 192 Å². The minimum absolute atomic E-state index is 0.0785. The maximum Gasteiger partial charge on any atom is 0.472 e. The maximum absolute atomic E-state index is 12.9. The lowest BCUT2D eigenvalue weighted by Crippen LogP contribution is -2.64. The second kappa shape index (κ2) is 42.9. The molecule has 0 bridgehead atoms. The summed E-state index contributed by atoms with van der Waals surface area (Å²) >= 11 is 0. The van der Waals surface area contributed by atoms with E-state index >= 15 is 0 Å². The number of carbonyl (C=O) groups excluding carboxylic acids is 1. The highest BCUT2D eigenvalue weighted by Gasteiger charge is 2.51. The van der Waals surface area contributed by atoms with E-state index in [1.807, 2.05) is 0 Å². The van der Waals surface area contributed by atoms with Crippen molar-refractivity contribution in [3.8, 4) is 0 Å². The van der Waals surface area contributed by atoms with Gasteiger partial charge < -0.3 is 39.9 Å². The molecule has 6 N–H and O–H groups in total. The van der Waals surface area contributed by atoms with Crippen LogP contribution in [0.1, 0.15) is 239 Å². The lowest BCUT2D eigenvalue weighted by atomic mass is 9.85. The van der Waals surface area contributed by atoms with Gasteiger partial charge in [0.2, 0.25) is 0 Å². The normalized spacial score (nSPS) is 21.7. The van der Waals surface area contributed by atoms with Crippen molar-refractivity contribution < 1.29 is 58.3 Å². The minimum atomic E-state index is -5.02. The number of hydrogen-bond donors (Lipinski definition) is 6. The molecule has 0 spiro atoms. The molecule has 1 fully saturated rings. The van der Waals surface area contributed by atoms with Gasteiger partial charge in [0.1, 0.15) is 42.7 Å². The molecular weight excluding hydrogens is 848 g/mol. The van der Waals surface area contributed by atoms with Crippen molar-refractivity contribution in [3.05, 3.63) is 24.3 Å². The Hall–Kier alpha value is -1.18. The lowest BCUT2D eigenvalue weighted by Gasteiger charge is -2.41.